The average molecular weight is 336 g/mol. The van der Waals surface area contributed by atoms with Gasteiger partial charge in [0.25, 0.3) is 0 Å². The minimum absolute atomic E-state index is 0.0813. The quantitative estimate of drug-likeness (QED) is 0.790. The minimum atomic E-state index is 0.0813. The average Bonchev–Trinajstić information content (AvgIpc) is 3.05. The van der Waals surface area contributed by atoms with E-state index >= 15 is 0 Å². The molecular formula is C15H20N4OS2. The van der Waals surface area contributed by atoms with Crippen molar-refractivity contribution in [3.05, 3.63) is 16.3 Å². The van der Waals surface area contributed by atoms with Gasteiger partial charge in [-0.1, -0.05) is 25.1 Å². The molecule has 1 fully saturated rings. The van der Waals surface area contributed by atoms with Gasteiger partial charge in [-0.05, 0) is 25.3 Å². The molecule has 0 saturated heterocycles. The molecule has 7 heteroatoms. The molecule has 22 heavy (non-hydrogen) atoms. The van der Waals surface area contributed by atoms with Gasteiger partial charge in [0.05, 0.1) is 5.75 Å². The van der Waals surface area contributed by atoms with Gasteiger partial charge < -0.3 is 9.88 Å². The summed E-state index contributed by atoms with van der Waals surface area (Å²) >= 11 is 3.21. The molecule has 0 unspecified atom stereocenters. The summed E-state index contributed by atoms with van der Waals surface area (Å²) in [5.41, 5.74) is 1.11. The normalized spacial score (nSPS) is 14.3. The molecule has 1 amide bonds. The Labute approximate surface area is 138 Å². The van der Waals surface area contributed by atoms with Crippen molar-refractivity contribution >= 4 is 29.0 Å². The fourth-order valence-corrected chi connectivity index (χ4v) is 3.89. The first-order valence-electron chi connectivity index (χ1n) is 7.56. The van der Waals surface area contributed by atoms with Crippen LogP contribution in [0.15, 0.2) is 16.6 Å². The zero-order valence-electron chi connectivity index (χ0n) is 12.8. The molecule has 0 atom stereocenters. The number of rotatable bonds is 7. The van der Waals surface area contributed by atoms with Gasteiger partial charge in [0.2, 0.25) is 5.91 Å². The van der Waals surface area contributed by atoms with Crippen molar-refractivity contribution in [2.24, 2.45) is 7.05 Å². The number of carbonyl (C=O) groups excluding carboxylic acids is 1. The summed E-state index contributed by atoms with van der Waals surface area (Å²) < 4.78 is 1.97. The molecule has 2 heterocycles. The van der Waals surface area contributed by atoms with Crippen molar-refractivity contribution in [2.45, 2.75) is 43.8 Å². The van der Waals surface area contributed by atoms with Gasteiger partial charge in [-0.2, -0.15) is 0 Å². The molecular weight excluding hydrogens is 316 g/mol. The van der Waals surface area contributed by atoms with Crippen LogP contribution in [0.1, 0.15) is 31.1 Å². The summed E-state index contributed by atoms with van der Waals surface area (Å²) in [5.74, 6) is 1.34. The third kappa shape index (κ3) is 3.70. The third-order valence-corrected chi connectivity index (χ3v) is 5.53. The summed E-state index contributed by atoms with van der Waals surface area (Å²) in [6.45, 7) is 2.18. The van der Waals surface area contributed by atoms with Gasteiger partial charge >= 0.3 is 0 Å². The fraction of sp³-hybridized carbons (Fsp3) is 0.533. The highest BCUT2D eigenvalue weighted by Crippen LogP contribution is 2.27. The van der Waals surface area contributed by atoms with Crippen molar-refractivity contribution in [2.75, 3.05) is 5.75 Å². The lowest BCUT2D eigenvalue weighted by atomic mass is 10.2. The van der Waals surface area contributed by atoms with Gasteiger partial charge in [0.15, 0.2) is 11.0 Å². The maximum atomic E-state index is 11.7. The van der Waals surface area contributed by atoms with Crippen LogP contribution in [-0.2, 0) is 18.3 Å². The molecule has 0 bridgehead atoms. The topological polar surface area (TPSA) is 59.8 Å². The zero-order chi connectivity index (χ0) is 15.5. The second kappa shape index (κ2) is 6.83. The standard InChI is InChI=1S/C15H20N4OS2/c1-3-4-12-7-10(8-21-12)14-17-18-15(19(14)2)22-9-13(20)16-11-5-6-11/h7-8,11H,3-6,9H2,1-2H3,(H,16,20). The molecule has 1 N–H and O–H groups in total. The van der Waals surface area contributed by atoms with Crippen LogP contribution in [0.4, 0.5) is 0 Å². The third-order valence-electron chi connectivity index (χ3n) is 3.52. The van der Waals surface area contributed by atoms with Gasteiger partial charge in [-0.15, -0.1) is 21.5 Å². The number of hydrogen-bond acceptors (Lipinski definition) is 5. The highest BCUT2D eigenvalue weighted by atomic mass is 32.2. The van der Waals surface area contributed by atoms with Gasteiger partial charge in [-0.25, -0.2) is 0 Å². The molecule has 5 nitrogen and oxygen atoms in total. The van der Waals surface area contributed by atoms with Crippen molar-refractivity contribution in [1.29, 1.82) is 0 Å². The lowest BCUT2D eigenvalue weighted by Crippen LogP contribution is -2.27. The Hall–Kier alpha value is -1.34. The monoisotopic (exact) mass is 336 g/mol. The van der Waals surface area contributed by atoms with Gasteiger partial charge in [0, 0.05) is 28.9 Å². The summed E-state index contributed by atoms with van der Waals surface area (Å²) in [6, 6.07) is 2.60. The SMILES string of the molecule is CCCc1cc(-c2nnc(SCC(=O)NC3CC3)n2C)cs1. The number of aromatic nitrogens is 3. The van der Waals surface area contributed by atoms with E-state index in [0.717, 1.165) is 42.2 Å². The van der Waals surface area contributed by atoms with E-state index in [2.05, 4.69) is 33.9 Å². The number of nitrogens with zero attached hydrogens (tertiary/aromatic N) is 3. The molecule has 2 aromatic rings. The second-order valence-electron chi connectivity index (χ2n) is 5.55. The molecule has 0 aliphatic heterocycles. The maximum Gasteiger partial charge on any atom is 0.230 e. The molecule has 2 aromatic heterocycles. The minimum Gasteiger partial charge on any atom is -0.353 e. The zero-order valence-corrected chi connectivity index (χ0v) is 14.5. The largest absolute Gasteiger partial charge is 0.353 e. The van der Waals surface area contributed by atoms with Crippen molar-refractivity contribution < 1.29 is 4.79 Å². The Balaban J connectivity index is 1.64. The van der Waals surface area contributed by atoms with Crippen LogP contribution >= 0.6 is 23.1 Å². The summed E-state index contributed by atoms with van der Waals surface area (Å²) in [7, 11) is 1.95. The number of nitrogens with one attached hydrogen (secondary N) is 1. The number of thioether (sulfide) groups is 1. The predicted molar refractivity (Wildman–Crippen MR) is 90.2 cm³/mol. The van der Waals surface area contributed by atoms with Crippen molar-refractivity contribution in [3.63, 3.8) is 0 Å². The van der Waals surface area contributed by atoms with Crippen LogP contribution in [0.2, 0.25) is 0 Å². The van der Waals surface area contributed by atoms with Crippen LogP contribution in [0.25, 0.3) is 11.4 Å². The van der Waals surface area contributed by atoms with Gasteiger partial charge in [0.1, 0.15) is 0 Å². The van der Waals surface area contributed by atoms with E-state index in [1.165, 1.54) is 16.6 Å². The Morgan fingerprint density at radius 1 is 1.50 bits per heavy atom. The first-order chi connectivity index (χ1) is 10.7. The van der Waals surface area contributed by atoms with E-state index in [0.29, 0.717) is 11.8 Å². The Bertz CT molecular complexity index is 660. The highest BCUT2D eigenvalue weighted by molar-refractivity contribution is 7.99. The lowest BCUT2D eigenvalue weighted by molar-refractivity contribution is -0.118. The maximum absolute atomic E-state index is 11.7. The van der Waals surface area contributed by atoms with E-state index < -0.39 is 0 Å². The predicted octanol–water partition coefficient (Wildman–Crippen LogP) is 2.87. The molecule has 118 valence electrons. The smallest absolute Gasteiger partial charge is 0.230 e. The van der Waals surface area contributed by atoms with Crippen LogP contribution < -0.4 is 5.32 Å². The highest BCUT2D eigenvalue weighted by Gasteiger charge is 2.23. The molecule has 1 saturated carbocycles. The van der Waals surface area contributed by atoms with Crippen LogP contribution in [0, 0.1) is 0 Å². The summed E-state index contributed by atoms with van der Waals surface area (Å²) in [6.07, 6.45) is 4.48. The Morgan fingerprint density at radius 2 is 2.32 bits per heavy atom. The lowest BCUT2D eigenvalue weighted by Gasteiger charge is -2.03. The number of amides is 1. The van der Waals surface area contributed by atoms with E-state index in [-0.39, 0.29) is 5.91 Å². The molecule has 0 aromatic carbocycles. The number of hydrogen-bond donors (Lipinski definition) is 1. The number of thiophene rings is 1. The second-order valence-corrected chi connectivity index (χ2v) is 7.49. The molecule has 0 spiro atoms. The van der Waals surface area contributed by atoms with E-state index in [9.17, 15) is 4.79 Å². The van der Waals surface area contributed by atoms with Crippen LogP contribution in [-0.4, -0.2) is 32.5 Å². The van der Waals surface area contributed by atoms with E-state index in [4.69, 9.17) is 0 Å². The fourth-order valence-electron chi connectivity index (χ4n) is 2.19. The summed E-state index contributed by atoms with van der Waals surface area (Å²) in [4.78, 5) is 13.1. The number of carbonyl (C=O) groups is 1. The molecule has 1 aliphatic rings. The summed E-state index contributed by atoms with van der Waals surface area (Å²) in [5, 5.41) is 14.4. The van der Waals surface area contributed by atoms with E-state index in [1.807, 2.05) is 11.6 Å². The molecule has 1 aliphatic carbocycles. The Morgan fingerprint density at radius 3 is 3.05 bits per heavy atom. The van der Waals surface area contributed by atoms with E-state index in [1.54, 1.807) is 11.3 Å². The molecule has 3 rings (SSSR count). The first-order valence-corrected chi connectivity index (χ1v) is 9.43. The van der Waals surface area contributed by atoms with Crippen LogP contribution in [0.3, 0.4) is 0 Å². The van der Waals surface area contributed by atoms with Gasteiger partial charge in [-0.3, -0.25) is 4.79 Å². The van der Waals surface area contributed by atoms with Crippen molar-refractivity contribution in [1.82, 2.24) is 20.1 Å². The van der Waals surface area contributed by atoms with Crippen molar-refractivity contribution in [3.8, 4) is 11.4 Å². The Kier molecular flexibility index (Phi) is 4.83. The first kappa shape index (κ1) is 15.6. The number of aryl methyl sites for hydroxylation is 1. The van der Waals surface area contributed by atoms with Crippen LogP contribution in [0.5, 0.6) is 0 Å². The molecule has 0 radical (unpaired) electrons.